The minimum atomic E-state index is -0.796. The molecular weight excluding hydrogens is 470 g/mol. The minimum absolute atomic E-state index is 0.174. The Morgan fingerprint density at radius 3 is 2.11 bits per heavy atom. The lowest BCUT2D eigenvalue weighted by molar-refractivity contribution is -0.211. The Bertz CT molecular complexity index is 1200. The molecule has 0 aliphatic carbocycles. The molecule has 3 aromatic rings. The molecule has 1 N–H and O–H groups in total. The normalized spacial score (nSPS) is 16.0. The lowest BCUT2D eigenvalue weighted by Gasteiger charge is -2.53. The van der Waals surface area contributed by atoms with E-state index < -0.39 is 24.0 Å². The maximum Gasteiger partial charge on any atom is 0.325 e. The highest BCUT2D eigenvalue weighted by molar-refractivity contribution is 5.94. The van der Waals surface area contributed by atoms with Crippen LogP contribution in [0.2, 0.25) is 0 Å². The van der Waals surface area contributed by atoms with Gasteiger partial charge in [-0.15, -0.1) is 0 Å². The zero-order chi connectivity index (χ0) is 26.2. The number of hydrogen-bond acceptors (Lipinski definition) is 6. The van der Waals surface area contributed by atoms with Gasteiger partial charge in [0.15, 0.2) is 0 Å². The third-order valence-corrected chi connectivity index (χ3v) is 6.44. The summed E-state index contributed by atoms with van der Waals surface area (Å²) in [7, 11) is 2.86. The number of amides is 2. The van der Waals surface area contributed by atoms with Gasteiger partial charge in [0.25, 0.3) is 5.91 Å². The fourth-order valence-electron chi connectivity index (χ4n) is 4.48. The average molecular weight is 502 g/mol. The van der Waals surface area contributed by atoms with Crippen molar-refractivity contribution >= 4 is 17.8 Å². The van der Waals surface area contributed by atoms with E-state index in [0.29, 0.717) is 25.1 Å². The largest absolute Gasteiger partial charge is 0.497 e. The van der Waals surface area contributed by atoms with E-state index in [2.05, 4.69) is 10.1 Å². The summed E-state index contributed by atoms with van der Waals surface area (Å²) in [5.74, 6) is -0.430. The monoisotopic (exact) mass is 501 g/mol. The van der Waals surface area contributed by atoms with Crippen molar-refractivity contribution < 1.29 is 23.9 Å². The second-order valence-electron chi connectivity index (χ2n) is 8.78. The molecule has 192 valence electrons. The number of benzene rings is 3. The van der Waals surface area contributed by atoms with Crippen LogP contribution in [0.15, 0.2) is 84.9 Å². The highest BCUT2D eigenvalue weighted by Gasteiger charge is 2.51. The van der Waals surface area contributed by atoms with Crippen LogP contribution < -0.4 is 10.1 Å². The first-order chi connectivity index (χ1) is 18.0. The predicted octanol–water partition coefficient (Wildman–Crippen LogP) is 3.29. The average Bonchev–Trinajstić information content (AvgIpc) is 2.94. The third kappa shape index (κ3) is 6.16. The maximum absolute atomic E-state index is 13.7. The molecule has 3 aromatic carbocycles. The molecule has 8 nitrogen and oxygen atoms in total. The molecule has 1 aliphatic rings. The summed E-state index contributed by atoms with van der Waals surface area (Å²) in [5.41, 5.74) is 2.88. The van der Waals surface area contributed by atoms with Gasteiger partial charge in [0.2, 0.25) is 5.91 Å². The Balaban J connectivity index is 1.63. The molecule has 0 aromatic heterocycles. The number of carbonyl (C=O) groups is 3. The molecule has 1 aliphatic heterocycles. The topological polar surface area (TPSA) is 88.2 Å². The Morgan fingerprint density at radius 2 is 1.51 bits per heavy atom. The molecule has 2 unspecified atom stereocenters. The number of hydrogen-bond donors (Lipinski definition) is 1. The fraction of sp³-hybridized carbons (Fsp3) is 0.276. The Morgan fingerprint density at radius 1 is 0.892 bits per heavy atom. The van der Waals surface area contributed by atoms with Crippen LogP contribution >= 0.6 is 0 Å². The summed E-state index contributed by atoms with van der Waals surface area (Å²) in [4.78, 5) is 38.7. The minimum Gasteiger partial charge on any atom is -0.497 e. The fourth-order valence-corrected chi connectivity index (χ4v) is 4.48. The van der Waals surface area contributed by atoms with E-state index in [9.17, 15) is 14.4 Å². The van der Waals surface area contributed by atoms with Gasteiger partial charge in [0, 0.05) is 6.54 Å². The van der Waals surface area contributed by atoms with Gasteiger partial charge in [-0.1, -0.05) is 72.8 Å². The number of aryl methyl sites for hydroxylation is 1. The van der Waals surface area contributed by atoms with E-state index in [1.807, 2.05) is 89.9 Å². The summed E-state index contributed by atoms with van der Waals surface area (Å²) in [6.07, 6.45) is 0.983. The predicted molar refractivity (Wildman–Crippen MR) is 138 cm³/mol. The Kier molecular flexibility index (Phi) is 8.53. The van der Waals surface area contributed by atoms with Crippen LogP contribution in [0.4, 0.5) is 0 Å². The van der Waals surface area contributed by atoms with Gasteiger partial charge >= 0.3 is 5.97 Å². The number of esters is 1. The molecular formula is C29H31N3O5. The molecule has 0 saturated carbocycles. The van der Waals surface area contributed by atoms with E-state index in [1.54, 1.807) is 7.11 Å². The number of rotatable bonds is 11. The van der Waals surface area contributed by atoms with Crippen molar-refractivity contribution in [1.29, 1.82) is 0 Å². The molecule has 0 radical (unpaired) electrons. The summed E-state index contributed by atoms with van der Waals surface area (Å²) in [6.45, 7) is 0.176. The molecule has 8 heteroatoms. The number of hydrazine groups is 1. The molecule has 1 saturated heterocycles. The van der Waals surface area contributed by atoms with Crippen molar-refractivity contribution in [2.45, 2.75) is 31.5 Å². The Labute approximate surface area is 216 Å². The smallest absolute Gasteiger partial charge is 0.325 e. The summed E-state index contributed by atoms with van der Waals surface area (Å²) >= 11 is 0. The van der Waals surface area contributed by atoms with Crippen LogP contribution in [-0.4, -0.2) is 54.6 Å². The van der Waals surface area contributed by atoms with E-state index in [1.165, 1.54) is 12.1 Å². The van der Waals surface area contributed by atoms with Crippen molar-refractivity contribution in [3.05, 3.63) is 102 Å². The van der Waals surface area contributed by atoms with Crippen LogP contribution in [0.25, 0.3) is 0 Å². The molecule has 1 heterocycles. The first-order valence-corrected chi connectivity index (χ1v) is 12.2. The van der Waals surface area contributed by atoms with Crippen LogP contribution in [0, 0.1) is 0 Å². The molecule has 2 atom stereocenters. The zero-order valence-corrected chi connectivity index (χ0v) is 21.0. The second-order valence-corrected chi connectivity index (χ2v) is 8.78. The van der Waals surface area contributed by atoms with Gasteiger partial charge in [-0.25, -0.2) is 0 Å². The number of carbonyl (C=O) groups excluding carboxylic acids is 3. The molecule has 37 heavy (non-hydrogen) atoms. The van der Waals surface area contributed by atoms with Crippen LogP contribution in [0.1, 0.15) is 29.2 Å². The van der Waals surface area contributed by atoms with Crippen LogP contribution in [0.5, 0.6) is 5.75 Å². The first-order valence-electron chi connectivity index (χ1n) is 12.2. The summed E-state index contributed by atoms with van der Waals surface area (Å²) in [5, 5.41) is 6.11. The van der Waals surface area contributed by atoms with E-state index in [4.69, 9.17) is 4.74 Å². The molecule has 4 rings (SSSR count). The highest BCUT2D eigenvalue weighted by atomic mass is 16.5. The molecule has 1 fully saturated rings. The van der Waals surface area contributed by atoms with E-state index in [0.717, 1.165) is 16.7 Å². The van der Waals surface area contributed by atoms with Crippen molar-refractivity contribution in [2.24, 2.45) is 0 Å². The standard InChI is InChI=1S/C29H31N3O5/c1-36-24-16-14-23(15-17-24)27-29(35)32(31(27)20-22-11-7-4-8-12-22)25(28(34)30-19-26(33)37-2)18-13-21-9-5-3-6-10-21/h3-12,14-17,25,27H,13,18-20H2,1-2H3,(H,30,34). The number of nitrogens with one attached hydrogen (secondary N) is 1. The van der Waals surface area contributed by atoms with Gasteiger partial charge in [0.05, 0.1) is 14.2 Å². The second kappa shape index (κ2) is 12.2. The molecule has 2 amide bonds. The van der Waals surface area contributed by atoms with Gasteiger partial charge < -0.3 is 14.8 Å². The number of ether oxygens (including phenoxy) is 2. The van der Waals surface area contributed by atoms with Crippen LogP contribution in [0.3, 0.4) is 0 Å². The number of methoxy groups -OCH3 is 2. The van der Waals surface area contributed by atoms with Gasteiger partial charge in [-0.2, -0.15) is 5.01 Å². The van der Waals surface area contributed by atoms with Crippen molar-refractivity contribution in [1.82, 2.24) is 15.3 Å². The molecule has 0 bridgehead atoms. The van der Waals surface area contributed by atoms with Gasteiger partial charge in [0.1, 0.15) is 24.4 Å². The van der Waals surface area contributed by atoms with Crippen LogP contribution in [-0.2, 0) is 32.1 Å². The van der Waals surface area contributed by atoms with Crippen molar-refractivity contribution in [2.75, 3.05) is 20.8 Å². The van der Waals surface area contributed by atoms with Crippen molar-refractivity contribution in [3.63, 3.8) is 0 Å². The first kappa shape index (κ1) is 25.9. The summed E-state index contributed by atoms with van der Waals surface area (Å²) < 4.78 is 9.94. The van der Waals surface area contributed by atoms with E-state index in [-0.39, 0.29) is 12.5 Å². The summed E-state index contributed by atoms with van der Waals surface area (Å²) in [6, 6.07) is 25.6. The molecule has 0 spiro atoms. The zero-order valence-electron chi connectivity index (χ0n) is 21.0. The van der Waals surface area contributed by atoms with Crippen molar-refractivity contribution in [3.8, 4) is 5.75 Å². The quantitative estimate of drug-likeness (QED) is 0.406. The Hall–Kier alpha value is -4.17. The van der Waals surface area contributed by atoms with Gasteiger partial charge in [-0.05, 0) is 41.7 Å². The SMILES string of the molecule is COC(=O)CNC(=O)C(CCc1ccccc1)N1C(=O)C(c2ccc(OC)cc2)N1Cc1ccccc1. The highest BCUT2D eigenvalue weighted by Crippen LogP contribution is 2.39. The van der Waals surface area contributed by atoms with E-state index >= 15 is 0 Å². The lowest BCUT2D eigenvalue weighted by Crippen LogP contribution is -2.68. The lowest BCUT2D eigenvalue weighted by atomic mass is 9.96. The maximum atomic E-state index is 13.7. The number of nitrogens with zero attached hydrogens (tertiary/aromatic N) is 2. The third-order valence-electron chi connectivity index (χ3n) is 6.44. The van der Waals surface area contributed by atoms with Gasteiger partial charge in [-0.3, -0.25) is 19.4 Å².